The molecule has 1 atom stereocenters. The number of likely N-dealkylation sites (tertiary alicyclic amines) is 2. The number of nitrogens with zero attached hydrogens (tertiary/aromatic N) is 4. The number of aryl methyl sites for hydroxylation is 2. The molecule has 4 heterocycles. The molecule has 0 spiro atoms. The Morgan fingerprint density at radius 3 is 2.70 bits per heavy atom. The van der Waals surface area contributed by atoms with Gasteiger partial charge in [0.2, 0.25) is 0 Å². The van der Waals surface area contributed by atoms with Gasteiger partial charge in [-0.3, -0.25) is 9.48 Å². The van der Waals surface area contributed by atoms with Crippen LogP contribution >= 0.6 is 0 Å². The second-order valence-electron chi connectivity index (χ2n) is 7.45. The summed E-state index contributed by atoms with van der Waals surface area (Å²) in [5, 5.41) is 7.58. The van der Waals surface area contributed by atoms with Gasteiger partial charge in [0.15, 0.2) is 5.76 Å². The van der Waals surface area contributed by atoms with Crippen LogP contribution < -0.4 is 5.32 Å². The minimum absolute atomic E-state index is 0.0297. The van der Waals surface area contributed by atoms with Crippen LogP contribution in [-0.4, -0.2) is 63.7 Å². The van der Waals surface area contributed by atoms with Crippen LogP contribution in [0, 0.1) is 13.8 Å². The van der Waals surface area contributed by atoms with Gasteiger partial charge in [-0.25, -0.2) is 4.79 Å². The van der Waals surface area contributed by atoms with Crippen molar-refractivity contribution < 1.29 is 14.0 Å². The van der Waals surface area contributed by atoms with Gasteiger partial charge in [-0.1, -0.05) is 0 Å². The van der Waals surface area contributed by atoms with Crippen molar-refractivity contribution in [2.45, 2.75) is 38.8 Å². The molecule has 0 aliphatic carbocycles. The van der Waals surface area contributed by atoms with Gasteiger partial charge >= 0.3 is 6.03 Å². The number of hydrogen-bond acceptors (Lipinski definition) is 4. The van der Waals surface area contributed by atoms with Crippen LogP contribution in [0.3, 0.4) is 0 Å². The van der Waals surface area contributed by atoms with E-state index in [4.69, 9.17) is 4.42 Å². The van der Waals surface area contributed by atoms with Gasteiger partial charge in [0.1, 0.15) is 0 Å². The van der Waals surface area contributed by atoms with Crippen LogP contribution in [0.2, 0.25) is 0 Å². The van der Waals surface area contributed by atoms with Gasteiger partial charge in [-0.05, 0) is 44.9 Å². The van der Waals surface area contributed by atoms with E-state index in [2.05, 4.69) is 16.5 Å². The Labute approximate surface area is 158 Å². The zero-order valence-corrected chi connectivity index (χ0v) is 15.7. The van der Waals surface area contributed by atoms with Crippen molar-refractivity contribution in [1.82, 2.24) is 24.9 Å². The molecule has 0 bridgehead atoms. The van der Waals surface area contributed by atoms with Crippen molar-refractivity contribution in [3.05, 3.63) is 41.6 Å². The van der Waals surface area contributed by atoms with Gasteiger partial charge in [0.25, 0.3) is 5.91 Å². The average molecular weight is 371 g/mol. The number of urea groups is 1. The van der Waals surface area contributed by atoms with E-state index in [0.29, 0.717) is 31.9 Å². The molecule has 27 heavy (non-hydrogen) atoms. The summed E-state index contributed by atoms with van der Waals surface area (Å²) in [6, 6.07) is 5.58. The highest BCUT2D eigenvalue weighted by Gasteiger charge is 2.35. The Kier molecular flexibility index (Phi) is 4.63. The third-order valence-electron chi connectivity index (χ3n) is 5.31. The minimum Gasteiger partial charge on any atom is -0.459 e. The molecule has 2 aliphatic heterocycles. The molecule has 2 fully saturated rings. The van der Waals surface area contributed by atoms with E-state index in [0.717, 1.165) is 24.2 Å². The molecule has 0 saturated carbocycles. The molecular weight excluding hydrogens is 346 g/mol. The molecule has 2 aromatic rings. The van der Waals surface area contributed by atoms with Gasteiger partial charge in [0, 0.05) is 37.9 Å². The van der Waals surface area contributed by atoms with E-state index in [1.54, 1.807) is 21.9 Å². The van der Waals surface area contributed by atoms with E-state index in [1.165, 1.54) is 6.26 Å². The zero-order valence-electron chi connectivity index (χ0n) is 15.7. The number of carbonyl (C=O) groups is 2. The molecule has 8 heteroatoms. The standard InChI is InChI=1S/C19H25N5O3/c1-13-9-14(2)24(21-13)16-11-23(12-16)19(26)20-15-5-3-7-22(10-15)18(25)17-6-4-8-27-17/h4,6,8-9,15-16H,3,5,7,10-12H2,1-2H3,(H,20,26)/t15-/m1/s1. The first-order valence-corrected chi connectivity index (χ1v) is 9.42. The lowest BCUT2D eigenvalue weighted by molar-refractivity contribution is 0.0653. The molecule has 3 amide bonds. The Bertz CT molecular complexity index is 823. The lowest BCUT2D eigenvalue weighted by Crippen LogP contribution is -2.58. The third kappa shape index (κ3) is 3.56. The summed E-state index contributed by atoms with van der Waals surface area (Å²) in [5.74, 6) is 0.227. The summed E-state index contributed by atoms with van der Waals surface area (Å²) < 4.78 is 7.20. The summed E-state index contributed by atoms with van der Waals surface area (Å²) in [5.41, 5.74) is 2.12. The van der Waals surface area contributed by atoms with Crippen LogP contribution in [0.25, 0.3) is 0 Å². The molecule has 144 valence electrons. The molecule has 4 rings (SSSR count). The first-order valence-electron chi connectivity index (χ1n) is 9.42. The maximum Gasteiger partial charge on any atom is 0.317 e. The van der Waals surface area contributed by atoms with Crippen molar-refractivity contribution in [2.75, 3.05) is 26.2 Å². The van der Waals surface area contributed by atoms with Crippen molar-refractivity contribution >= 4 is 11.9 Å². The van der Waals surface area contributed by atoms with Crippen LogP contribution in [0.15, 0.2) is 28.9 Å². The fraction of sp³-hybridized carbons (Fsp3) is 0.526. The number of carbonyl (C=O) groups excluding carboxylic acids is 2. The monoisotopic (exact) mass is 371 g/mol. The van der Waals surface area contributed by atoms with Crippen LogP contribution in [0.5, 0.6) is 0 Å². The second kappa shape index (κ2) is 7.09. The maximum atomic E-state index is 12.5. The third-order valence-corrected chi connectivity index (χ3v) is 5.31. The van der Waals surface area contributed by atoms with Gasteiger partial charge < -0.3 is 19.5 Å². The highest BCUT2D eigenvalue weighted by molar-refractivity contribution is 5.91. The number of rotatable bonds is 3. The number of nitrogens with one attached hydrogen (secondary N) is 1. The number of piperidine rings is 1. The van der Waals surface area contributed by atoms with Crippen molar-refractivity contribution in [1.29, 1.82) is 0 Å². The smallest absolute Gasteiger partial charge is 0.317 e. The van der Waals surface area contributed by atoms with E-state index >= 15 is 0 Å². The van der Waals surface area contributed by atoms with Crippen LogP contribution in [0.1, 0.15) is 40.8 Å². The topological polar surface area (TPSA) is 83.6 Å². The summed E-state index contributed by atoms with van der Waals surface area (Å²) in [6.45, 7) is 6.54. The first-order chi connectivity index (χ1) is 13.0. The summed E-state index contributed by atoms with van der Waals surface area (Å²) in [4.78, 5) is 28.5. The molecule has 1 N–H and O–H groups in total. The lowest BCUT2D eigenvalue weighted by Gasteiger charge is -2.41. The highest BCUT2D eigenvalue weighted by atomic mass is 16.3. The fourth-order valence-electron chi connectivity index (χ4n) is 3.89. The van der Waals surface area contributed by atoms with Crippen molar-refractivity contribution in [2.24, 2.45) is 0 Å². The molecule has 0 radical (unpaired) electrons. The van der Waals surface area contributed by atoms with E-state index < -0.39 is 0 Å². The highest BCUT2D eigenvalue weighted by Crippen LogP contribution is 2.23. The van der Waals surface area contributed by atoms with Crippen LogP contribution in [0.4, 0.5) is 4.79 Å². The second-order valence-corrected chi connectivity index (χ2v) is 7.45. The summed E-state index contributed by atoms with van der Waals surface area (Å²) in [7, 11) is 0. The number of furan rings is 1. The van der Waals surface area contributed by atoms with E-state index in [-0.39, 0.29) is 24.0 Å². The molecular formula is C19H25N5O3. The quantitative estimate of drug-likeness (QED) is 0.894. The Morgan fingerprint density at radius 2 is 2.04 bits per heavy atom. The van der Waals surface area contributed by atoms with E-state index in [1.807, 2.05) is 18.5 Å². The number of hydrogen-bond donors (Lipinski definition) is 1. The molecule has 0 aromatic carbocycles. The molecule has 2 saturated heterocycles. The Hall–Kier alpha value is -2.77. The van der Waals surface area contributed by atoms with Crippen LogP contribution in [-0.2, 0) is 0 Å². The summed E-state index contributed by atoms with van der Waals surface area (Å²) in [6.07, 6.45) is 3.24. The van der Waals surface area contributed by atoms with Gasteiger partial charge in [-0.2, -0.15) is 5.10 Å². The largest absolute Gasteiger partial charge is 0.459 e. The van der Waals surface area contributed by atoms with Gasteiger partial charge in [-0.15, -0.1) is 0 Å². The number of aromatic nitrogens is 2. The SMILES string of the molecule is Cc1cc(C)n(C2CN(C(=O)N[C@@H]3CCCN(C(=O)c4ccco4)C3)C2)n1. The van der Waals surface area contributed by atoms with Gasteiger partial charge in [0.05, 0.1) is 18.0 Å². The normalized spacial score (nSPS) is 20.4. The maximum absolute atomic E-state index is 12.5. The lowest BCUT2D eigenvalue weighted by atomic mass is 10.1. The average Bonchev–Trinajstić information content (AvgIpc) is 3.23. The molecule has 8 nitrogen and oxygen atoms in total. The Balaban J connectivity index is 1.29. The zero-order chi connectivity index (χ0) is 19.0. The number of amides is 3. The first kappa shape index (κ1) is 17.6. The van der Waals surface area contributed by atoms with E-state index in [9.17, 15) is 9.59 Å². The summed E-state index contributed by atoms with van der Waals surface area (Å²) >= 11 is 0. The molecule has 2 aliphatic rings. The Morgan fingerprint density at radius 1 is 1.22 bits per heavy atom. The predicted octanol–water partition coefficient (Wildman–Crippen LogP) is 1.96. The molecule has 2 aromatic heterocycles. The predicted molar refractivity (Wildman–Crippen MR) is 98.5 cm³/mol. The van der Waals surface area contributed by atoms with Crippen molar-refractivity contribution in [3.8, 4) is 0 Å². The molecule has 0 unspecified atom stereocenters. The fourth-order valence-corrected chi connectivity index (χ4v) is 3.89. The van der Waals surface area contributed by atoms with Crippen molar-refractivity contribution in [3.63, 3.8) is 0 Å². The minimum atomic E-state index is -0.118.